The monoisotopic (exact) mass is 409 g/mol. The first-order chi connectivity index (χ1) is 13.9. The lowest BCUT2D eigenvalue weighted by atomic mass is 9.89. The Kier molecular flexibility index (Phi) is 4.25. The molecule has 2 aromatic heterocycles. The fourth-order valence-corrected chi connectivity index (χ4v) is 3.29. The zero-order valence-electron chi connectivity index (χ0n) is 14.5. The number of aromatic amines is 2. The number of nitro benzene ring substituents is 1. The van der Waals surface area contributed by atoms with Gasteiger partial charge in [0, 0.05) is 17.7 Å². The van der Waals surface area contributed by atoms with Crippen molar-refractivity contribution >= 4 is 17.9 Å². The van der Waals surface area contributed by atoms with Gasteiger partial charge >= 0.3 is 0 Å². The van der Waals surface area contributed by atoms with E-state index in [0.29, 0.717) is 11.3 Å². The lowest BCUT2D eigenvalue weighted by Crippen LogP contribution is -2.28. The molecule has 0 aliphatic carbocycles. The number of nitrogens with zero attached hydrogens (tertiary/aromatic N) is 2. The van der Waals surface area contributed by atoms with Crippen molar-refractivity contribution in [1.82, 2.24) is 9.97 Å². The van der Waals surface area contributed by atoms with E-state index in [1.807, 2.05) is 6.07 Å². The van der Waals surface area contributed by atoms with Crippen LogP contribution < -0.4 is 16.0 Å². The van der Waals surface area contributed by atoms with Crippen molar-refractivity contribution < 1.29 is 14.1 Å². The fourth-order valence-electron chi connectivity index (χ4n) is 3.11. The van der Waals surface area contributed by atoms with Crippen molar-refractivity contribution in [1.29, 1.82) is 5.26 Å². The van der Waals surface area contributed by atoms with Gasteiger partial charge in [0.25, 0.3) is 11.2 Å². The quantitative estimate of drug-likeness (QED) is 0.337. The minimum absolute atomic E-state index is 0.00605. The number of fused-ring (bicyclic) bond motifs is 1. The van der Waals surface area contributed by atoms with Gasteiger partial charge in [-0.05, 0) is 24.4 Å². The molecule has 1 atom stereocenters. The summed E-state index contributed by atoms with van der Waals surface area (Å²) in [6.07, 6.45) is 0. The Morgan fingerprint density at radius 1 is 1.28 bits per heavy atom. The molecule has 1 aliphatic heterocycles. The van der Waals surface area contributed by atoms with Crippen molar-refractivity contribution in [3.63, 3.8) is 0 Å². The van der Waals surface area contributed by atoms with Gasteiger partial charge in [0.1, 0.15) is 23.2 Å². The molecule has 0 saturated carbocycles. The van der Waals surface area contributed by atoms with E-state index in [0.717, 1.165) is 0 Å². The van der Waals surface area contributed by atoms with Crippen LogP contribution in [0.4, 0.5) is 5.69 Å². The van der Waals surface area contributed by atoms with E-state index in [1.165, 1.54) is 18.2 Å². The Morgan fingerprint density at radius 2 is 2.07 bits per heavy atom. The molecule has 11 heteroatoms. The topological polar surface area (TPSA) is 164 Å². The number of nitrogens with one attached hydrogen (secondary N) is 2. The fraction of sp³-hybridized carbons (Fsp3) is 0.0556. The van der Waals surface area contributed by atoms with Gasteiger partial charge in [0.05, 0.1) is 16.4 Å². The maximum Gasteiger partial charge on any atom is 0.270 e. The van der Waals surface area contributed by atoms with Crippen LogP contribution in [-0.2, 0) is 0 Å². The van der Waals surface area contributed by atoms with Gasteiger partial charge in [0.15, 0.2) is 4.77 Å². The van der Waals surface area contributed by atoms with E-state index in [4.69, 9.17) is 27.1 Å². The molecule has 144 valence electrons. The van der Waals surface area contributed by atoms with Crippen LogP contribution in [0, 0.1) is 26.2 Å². The molecule has 0 saturated heterocycles. The largest absolute Gasteiger partial charge is 0.460 e. The summed E-state index contributed by atoms with van der Waals surface area (Å²) < 4.78 is 11.3. The molecular formula is C18H11N5O5S. The summed E-state index contributed by atoms with van der Waals surface area (Å²) in [6.45, 7) is 0. The number of aromatic nitrogens is 2. The summed E-state index contributed by atoms with van der Waals surface area (Å²) in [5, 5.41) is 20.6. The second-order valence-electron chi connectivity index (χ2n) is 6.09. The highest BCUT2D eigenvalue weighted by Gasteiger charge is 2.36. The Balaban J connectivity index is 1.87. The number of rotatable bonds is 3. The zero-order chi connectivity index (χ0) is 20.7. The van der Waals surface area contributed by atoms with Crippen LogP contribution in [-0.4, -0.2) is 14.9 Å². The third kappa shape index (κ3) is 3.07. The predicted molar refractivity (Wildman–Crippen MR) is 102 cm³/mol. The highest BCUT2D eigenvalue weighted by molar-refractivity contribution is 7.71. The van der Waals surface area contributed by atoms with Crippen molar-refractivity contribution in [3.05, 3.63) is 84.4 Å². The Hall–Kier alpha value is -4.17. The molecule has 0 spiro atoms. The predicted octanol–water partition coefficient (Wildman–Crippen LogP) is 2.82. The summed E-state index contributed by atoms with van der Waals surface area (Å²) in [5.74, 6) is -0.533. The number of H-pyrrole nitrogens is 2. The second kappa shape index (κ2) is 6.77. The second-order valence-corrected chi connectivity index (χ2v) is 6.49. The van der Waals surface area contributed by atoms with Crippen LogP contribution in [0.5, 0.6) is 5.88 Å². The lowest BCUT2D eigenvalue weighted by Gasteiger charge is -2.23. The van der Waals surface area contributed by atoms with Gasteiger partial charge in [-0.15, -0.1) is 0 Å². The number of benzene rings is 1. The highest BCUT2D eigenvalue weighted by Crippen LogP contribution is 2.40. The molecule has 4 N–H and O–H groups in total. The third-order valence-electron chi connectivity index (χ3n) is 4.37. The van der Waals surface area contributed by atoms with Crippen molar-refractivity contribution in [2.45, 2.75) is 5.92 Å². The first-order valence-corrected chi connectivity index (χ1v) is 8.58. The lowest BCUT2D eigenvalue weighted by molar-refractivity contribution is -0.384. The summed E-state index contributed by atoms with van der Waals surface area (Å²) in [7, 11) is 0. The first kappa shape index (κ1) is 18.2. The van der Waals surface area contributed by atoms with E-state index in [9.17, 15) is 20.2 Å². The van der Waals surface area contributed by atoms with Gasteiger partial charge < -0.3 is 19.9 Å². The zero-order valence-corrected chi connectivity index (χ0v) is 15.3. The number of hydrogen-bond acceptors (Lipinski definition) is 8. The van der Waals surface area contributed by atoms with Crippen molar-refractivity contribution in [2.75, 3.05) is 0 Å². The molecule has 0 amide bonds. The van der Waals surface area contributed by atoms with Gasteiger partial charge in [-0.2, -0.15) is 5.26 Å². The molecule has 29 heavy (non-hydrogen) atoms. The van der Waals surface area contributed by atoms with Crippen LogP contribution in [0.3, 0.4) is 0 Å². The Bertz CT molecular complexity index is 1340. The highest BCUT2D eigenvalue weighted by atomic mass is 32.1. The molecule has 1 aliphatic rings. The molecule has 0 bridgehead atoms. The molecule has 0 radical (unpaired) electrons. The van der Waals surface area contributed by atoms with Gasteiger partial charge in [-0.25, -0.2) is 0 Å². The molecule has 1 aromatic carbocycles. The molecular weight excluding hydrogens is 398 g/mol. The normalized spacial score (nSPS) is 15.3. The minimum Gasteiger partial charge on any atom is -0.460 e. The van der Waals surface area contributed by atoms with Gasteiger partial charge in [-0.3, -0.25) is 19.9 Å². The smallest absolute Gasteiger partial charge is 0.270 e. The van der Waals surface area contributed by atoms with Crippen molar-refractivity contribution in [2.24, 2.45) is 5.73 Å². The van der Waals surface area contributed by atoms with Crippen LogP contribution in [0.1, 0.15) is 17.2 Å². The minimum atomic E-state index is -0.938. The number of nitro groups is 1. The molecule has 10 nitrogen and oxygen atoms in total. The molecule has 1 unspecified atom stereocenters. The average molecular weight is 409 g/mol. The number of allylic oxidation sites excluding steroid dienone is 1. The average Bonchev–Trinajstić information content (AvgIpc) is 3.16. The van der Waals surface area contributed by atoms with Gasteiger partial charge in [0.2, 0.25) is 11.8 Å². The standard InChI is InChI=1S/C18H11N5O5S/c19-7-10-13(14-16(24)21-18(29)22-17(14)28-15(10)20)12-5-4-11(27-12)8-2-1-3-9(6-8)23(25)26/h1-6,13H,20H2,(H2,21,22,24,29). The van der Waals surface area contributed by atoms with Crippen LogP contribution in [0.2, 0.25) is 0 Å². The van der Waals surface area contributed by atoms with E-state index in [-0.39, 0.29) is 39.1 Å². The Morgan fingerprint density at radius 3 is 2.79 bits per heavy atom. The summed E-state index contributed by atoms with van der Waals surface area (Å²) in [4.78, 5) is 28.2. The number of furan rings is 1. The van der Waals surface area contributed by atoms with Crippen LogP contribution >= 0.6 is 12.2 Å². The number of hydrogen-bond donors (Lipinski definition) is 3. The SMILES string of the molecule is N#CC1=C(N)Oc2[nH]c(=S)[nH]c(=O)c2C1c1ccc(-c2cccc([N+](=O)[O-])c2)o1. The number of nitriles is 1. The van der Waals surface area contributed by atoms with E-state index >= 15 is 0 Å². The maximum atomic E-state index is 12.5. The van der Waals surface area contributed by atoms with Crippen LogP contribution in [0.15, 0.2) is 57.1 Å². The Labute approximate surface area is 167 Å². The van der Waals surface area contributed by atoms with Gasteiger partial charge in [-0.1, -0.05) is 12.1 Å². The maximum absolute atomic E-state index is 12.5. The summed E-state index contributed by atoms with van der Waals surface area (Å²) in [5.41, 5.74) is 5.76. The van der Waals surface area contributed by atoms with E-state index < -0.39 is 16.4 Å². The summed E-state index contributed by atoms with van der Waals surface area (Å²) in [6, 6.07) is 11.0. The van der Waals surface area contributed by atoms with Crippen LogP contribution in [0.25, 0.3) is 11.3 Å². The third-order valence-corrected chi connectivity index (χ3v) is 4.58. The number of ether oxygens (including phenoxy) is 1. The molecule has 3 aromatic rings. The molecule has 4 rings (SSSR count). The number of non-ortho nitro benzene ring substituents is 1. The van der Waals surface area contributed by atoms with Crippen molar-refractivity contribution in [3.8, 4) is 23.3 Å². The molecule has 3 heterocycles. The van der Waals surface area contributed by atoms with E-state index in [1.54, 1.807) is 18.2 Å². The number of nitrogens with two attached hydrogens (primary N) is 1. The van der Waals surface area contributed by atoms with E-state index in [2.05, 4.69) is 9.97 Å². The first-order valence-electron chi connectivity index (χ1n) is 8.17. The summed E-state index contributed by atoms with van der Waals surface area (Å²) >= 11 is 4.95. The molecule has 0 fully saturated rings.